The Balaban J connectivity index is 2.40. The van der Waals surface area contributed by atoms with E-state index in [1.807, 2.05) is 6.92 Å². The number of hydrogen-bond donors (Lipinski definition) is 1. The molecule has 6 heteroatoms. The van der Waals surface area contributed by atoms with E-state index in [1.165, 1.54) is 0 Å². The molecule has 1 aromatic carbocycles. The van der Waals surface area contributed by atoms with E-state index in [-0.39, 0.29) is 18.4 Å². The standard InChI is InChI=1S/C15H18Cl2N2O2/c1-4-15(3)14(21)18-9(2)13(20)19(15)8-10-7-11(16)5-6-12(10)17/h5-7,9H,4,8H2,1-3H3,(H,18,21). The van der Waals surface area contributed by atoms with Gasteiger partial charge in [0.25, 0.3) is 0 Å². The number of rotatable bonds is 3. The van der Waals surface area contributed by atoms with E-state index < -0.39 is 11.6 Å². The summed E-state index contributed by atoms with van der Waals surface area (Å²) in [5.41, 5.74) is -0.144. The van der Waals surface area contributed by atoms with E-state index in [1.54, 1.807) is 36.9 Å². The molecule has 1 saturated heterocycles. The largest absolute Gasteiger partial charge is 0.343 e. The summed E-state index contributed by atoms with van der Waals surface area (Å²) < 4.78 is 0. The number of carbonyl (C=O) groups is 2. The van der Waals surface area contributed by atoms with Crippen LogP contribution in [-0.2, 0) is 16.1 Å². The van der Waals surface area contributed by atoms with Crippen LogP contribution in [-0.4, -0.2) is 28.3 Å². The van der Waals surface area contributed by atoms with E-state index in [0.717, 1.165) is 5.56 Å². The molecule has 0 bridgehead atoms. The van der Waals surface area contributed by atoms with E-state index in [2.05, 4.69) is 5.32 Å². The minimum atomic E-state index is -0.880. The Bertz CT molecular complexity index is 591. The fraction of sp³-hybridized carbons (Fsp3) is 0.467. The van der Waals surface area contributed by atoms with Crippen molar-refractivity contribution in [3.05, 3.63) is 33.8 Å². The van der Waals surface area contributed by atoms with Crippen LogP contribution in [0.4, 0.5) is 0 Å². The maximum Gasteiger partial charge on any atom is 0.246 e. The summed E-state index contributed by atoms with van der Waals surface area (Å²) >= 11 is 12.2. The van der Waals surface area contributed by atoms with Crippen molar-refractivity contribution in [2.24, 2.45) is 0 Å². The maximum atomic E-state index is 12.5. The lowest BCUT2D eigenvalue weighted by Crippen LogP contribution is -2.68. The number of carbonyl (C=O) groups excluding carboxylic acids is 2. The highest BCUT2D eigenvalue weighted by Gasteiger charge is 2.46. The highest BCUT2D eigenvalue weighted by atomic mass is 35.5. The van der Waals surface area contributed by atoms with Gasteiger partial charge in [0, 0.05) is 16.6 Å². The molecule has 1 heterocycles. The van der Waals surface area contributed by atoms with Gasteiger partial charge in [-0.15, -0.1) is 0 Å². The average molecular weight is 329 g/mol. The van der Waals surface area contributed by atoms with Gasteiger partial charge in [-0.05, 0) is 44.0 Å². The third-order valence-corrected chi connectivity index (χ3v) is 4.70. The van der Waals surface area contributed by atoms with E-state index in [0.29, 0.717) is 16.5 Å². The van der Waals surface area contributed by atoms with Crippen LogP contribution in [0.5, 0.6) is 0 Å². The third-order valence-electron chi connectivity index (χ3n) is 4.09. The van der Waals surface area contributed by atoms with Gasteiger partial charge in [0.05, 0.1) is 0 Å². The fourth-order valence-corrected chi connectivity index (χ4v) is 2.82. The van der Waals surface area contributed by atoms with E-state index >= 15 is 0 Å². The minimum Gasteiger partial charge on any atom is -0.343 e. The van der Waals surface area contributed by atoms with Gasteiger partial charge in [-0.1, -0.05) is 30.1 Å². The molecule has 21 heavy (non-hydrogen) atoms. The number of benzene rings is 1. The first-order valence-corrected chi connectivity index (χ1v) is 7.61. The first-order valence-electron chi connectivity index (χ1n) is 6.86. The SMILES string of the molecule is CCC1(C)C(=O)NC(C)C(=O)N1Cc1cc(Cl)ccc1Cl. The lowest BCUT2D eigenvalue weighted by molar-refractivity contribution is -0.157. The summed E-state index contributed by atoms with van der Waals surface area (Å²) in [5, 5.41) is 3.81. The molecule has 2 unspecified atom stereocenters. The van der Waals surface area contributed by atoms with Crippen molar-refractivity contribution < 1.29 is 9.59 Å². The van der Waals surface area contributed by atoms with Crippen LogP contribution in [0.2, 0.25) is 10.0 Å². The second kappa shape index (κ2) is 5.85. The zero-order valence-corrected chi connectivity index (χ0v) is 13.8. The van der Waals surface area contributed by atoms with Crippen LogP contribution in [0.25, 0.3) is 0 Å². The summed E-state index contributed by atoms with van der Waals surface area (Å²) in [6, 6.07) is 4.58. The third kappa shape index (κ3) is 2.87. The molecule has 0 spiro atoms. The van der Waals surface area contributed by atoms with Crippen LogP contribution in [0.1, 0.15) is 32.8 Å². The Morgan fingerprint density at radius 1 is 1.33 bits per heavy atom. The van der Waals surface area contributed by atoms with Gasteiger partial charge in [-0.2, -0.15) is 0 Å². The first kappa shape index (κ1) is 16.1. The second-order valence-electron chi connectivity index (χ2n) is 5.48. The lowest BCUT2D eigenvalue weighted by atomic mass is 9.90. The molecule has 1 fully saturated rings. The van der Waals surface area contributed by atoms with Gasteiger partial charge in [0.2, 0.25) is 11.8 Å². The molecule has 0 aliphatic carbocycles. The molecule has 0 aromatic heterocycles. The molecular weight excluding hydrogens is 311 g/mol. The number of piperazine rings is 1. The molecule has 4 nitrogen and oxygen atoms in total. The smallest absolute Gasteiger partial charge is 0.246 e. The van der Waals surface area contributed by atoms with Gasteiger partial charge in [-0.3, -0.25) is 9.59 Å². The number of halogens is 2. The molecule has 1 aliphatic rings. The Kier molecular flexibility index (Phi) is 4.49. The Labute approximate surface area is 134 Å². The molecule has 2 atom stereocenters. The van der Waals surface area contributed by atoms with Crippen LogP contribution in [0.15, 0.2) is 18.2 Å². The Hall–Kier alpha value is -1.26. The van der Waals surface area contributed by atoms with Crippen LogP contribution < -0.4 is 5.32 Å². The van der Waals surface area contributed by atoms with Crippen molar-refractivity contribution >= 4 is 35.0 Å². The predicted molar refractivity (Wildman–Crippen MR) is 83.3 cm³/mol. The topological polar surface area (TPSA) is 49.4 Å². The summed E-state index contributed by atoms with van der Waals surface area (Å²) in [6.07, 6.45) is 0.523. The van der Waals surface area contributed by atoms with Crippen molar-refractivity contribution in [1.82, 2.24) is 10.2 Å². The Morgan fingerprint density at radius 2 is 2.00 bits per heavy atom. The molecule has 1 N–H and O–H groups in total. The summed E-state index contributed by atoms with van der Waals surface area (Å²) in [5.74, 6) is -0.259. The normalized spacial score (nSPS) is 26.0. The molecule has 0 radical (unpaired) electrons. The molecule has 1 aromatic rings. The average Bonchev–Trinajstić information content (AvgIpc) is 2.45. The highest BCUT2D eigenvalue weighted by Crippen LogP contribution is 2.30. The highest BCUT2D eigenvalue weighted by molar-refractivity contribution is 6.33. The fourth-order valence-electron chi connectivity index (χ4n) is 2.45. The van der Waals surface area contributed by atoms with Gasteiger partial charge < -0.3 is 10.2 Å². The van der Waals surface area contributed by atoms with Crippen molar-refractivity contribution in [3.8, 4) is 0 Å². The van der Waals surface area contributed by atoms with Crippen molar-refractivity contribution in [1.29, 1.82) is 0 Å². The van der Waals surface area contributed by atoms with Crippen LogP contribution in [0, 0.1) is 0 Å². The van der Waals surface area contributed by atoms with Crippen LogP contribution >= 0.6 is 23.2 Å². The molecule has 114 valence electrons. The zero-order chi connectivity index (χ0) is 15.8. The van der Waals surface area contributed by atoms with Crippen molar-refractivity contribution in [2.45, 2.75) is 45.3 Å². The van der Waals surface area contributed by atoms with E-state index in [9.17, 15) is 9.59 Å². The molecular formula is C15H18Cl2N2O2. The summed E-state index contributed by atoms with van der Waals surface area (Å²) in [6.45, 7) is 5.60. The summed E-state index contributed by atoms with van der Waals surface area (Å²) in [4.78, 5) is 26.4. The summed E-state index contributed by atoms with van der Waals surface area (Å²) in [7, 11) is 0. The number of hydrogen-bond acceptors (Lipinski definition) is 2. The van der Waals surface area contributed by atoms with E-state index in [4.69, 9.17) is 23.2 Å². The van der Waals surface area contributed by atoms with Crippen molar-refractivity contribution in [3.63, 3.8) is 0 Å². The number of amides is 2. The molecule has 2 amide bonds. The maximum absolute atomic E-state index is 12.5. The van der Waals surface area contributed by atoms with Gasteiger partial charge in [-0.25, -0.2) is 0 Å². The Morgan fingerprint density at radius 3 is 2.62 bits per heavy atom. The molecule has 0 saturated carbocycles. The lowest BCUT2D eigenvalue weighted by Gasteiger charge is -2.45. The number of nitrogens with one attached hydrogen (secondary N) is 1. The monoisotopic (exact) mass is 328 g/mol. The molecule has 1 aliphatic heterocycles. The first-order chi connectivity index (χ1) is 9.79. The van der Waals surface area contributed by atoms with Gasteiger partial charge in [0.15, 0.2) is 0 Å². The van der Waals surface area contributed by atoms with Crippen LogP contribution in [0.3, 0.4) is 0 Å². The predicted octanol–water partition coefficient (Wildman–Crippen LogP) is 3.01. The minimum absolute atomic E-state index is 0.116. The molecule has 2 rings (SSSR count). The second-order valence-corrected chi connectivity index (χ2v) is 6.33. The van der Waals surface area contributed by atoms with Crippen molar-refractivity contribution in [2.75, 3.05) is 0 Å². The van der Waals surface area contributed by atoms with Gasteiger partial charge in [0.1, 0.15) is 11.6 Å². The number of nitrogens with zero attached hydrogens (tertiary/aromatic N) is 1. The van der Waals surface area contributed by atoms with Gasteiger partial charge >= 0.3 is 0 Å². The quantitative estimate of drug-likeness (QED) is 0.927. The zero-order valence-electron chi connectivity index (χ0n) is 12.2.